The summed E-state index contributed by atoms with van der Waals surface area (Å²) in [5.41, 5.74) is 1.04. The van der Waals surface area contributed by atoms with Gasteiger partial charge in [-0.15, -0.1) is 12.6 Å². The first-order chi connectivity index (χ1) is 15.8. The predicted molar refractivity (Wildman–Crippen MR) is 139 cm³/mol. The van der Waals surface area contributed by atoms with Gasteiger partial charge in [0, 0.05) is 25.1 Å². The summed E-state index contributed by atoms with van der Waals surface area (Å²) in [7, 11) is 0. The van der Waals surface area contributed by atoms with E-state index in [0.29, 0.717) is 19.3 Å². The average molecular weight is 485 g/mol. The van der Waals surface area contributed by atoms with Crippen LogP contribution in [0.1, 0.15) is 122 Å². The van der Waals surface area contributed by atoms with E-state index in [2.05, 4.69) is 29.8 Å². The molecule has 1 atom stereocenters. The molecule has 0 saturated carbocycles. The fraction of sp³-hybridized carbons (Fsp3) is 0.808. The molecule has 0 heterocycles. The van der Waals surface area contributed by atoms with Crippen LogP contribution in [-0.2, 0) is 14.4 Å². The van der Waals surface area contributed by atoms with Gasteiger partial charge in [-0.05, 0) is 32.6 Å². The van der Waals surface area contributed by atoms with E-state index < -0.39 is 12.0 Å². The van der Waals surface area contributed by atoms with Crippen LogP contribution in [0.15, 0.2) is 12.3 Å². The van der Waals surface area contributed by atoms with Gasteiger partial charge in [0.05, 0.1) is 6.04 Å². The summed E-state index contributed by atoms with van der Waals surface area (Å²) >= 11 is 3.71. The van der Waals surface area contributed by atoms with Gasteiger partial charge in [0.1, 0.15) is 0 Å². The summed E-state index contributed by atoms with van der Waals surface area (Å²) in [4.78, 5) is 33.1. The number of hydrogen-bond donors (Lipinski definition) is 4. The lowest BCUT2D eigenvalue weighted by Gasteiger charge is -2.11. The molecule has 3 N–H and O–H groups in total. The summed E-state index contributed by atoms with van der Waals surface area (Å²) in [5, 5.41) is 14.2. The molecule has 0 aliphatic carbocycles. The number of allylic oxidation sites excluding steroid dienone is 1. The highest BCUT2D eigenvalue weighted by molar-refractivity contribution is 7.96. The normalized spacial score (nSPS) is 11.7. The highest BCUT2D eigenvalue weighted by Gasteiger charge is 2.11. The minimum absolute atomic E-state index is 0.123. The van der Waals surface area contributed by atoms with Crippen molar-refractivity contribution < 1.29 is 19.5 Å². The molecule has 1 amide bonds. The van der Waals surface area contributed by atoms with Crippen LogP contribution in [0, 0.1) is 0 Å². The second-order valence-corrected chi connectivity index (χ2v) is 9.55. The van der Waals surface area contributed by atoms with Crippen LogP contribution in [0.25, 0.3) is 0 Å². The Morgan fingerprint density at radius 3 is 1.58 bits per heavy atom. The van der Waals surface area contributed by atoms with Gasteiger partial charge in [-0.1, -0.05) is 83.6 Å². The van der Waals surface area contributed by atoms with Gasteiger partial charge >= 0.3 is 5.97 Å². The maximum absolute atomic E-state index is 11.7. The highest BCUT2D eigenvalue weighted by Crippen LogP contribution is 2.14. The smallest absolute Gasteiger partial charge is 0.303 e. The summed E-state index contributed by atoms with van der Waals surface area (Å²) < 4.78 is 0. The van der Waals surface area contributed by atoms with Gasteiger partial charge in [-0.3, -0.25) is 14.4 Å². The molecule has 0 radical (unpaired) electrons. The largest absolute Gasteiger partial charge is 0.481 e. The molecule has 7 heteroatoms. The molecular formula is C26H48N2O4S. The monoisotopic (exact) mass is 484 g/mol. The summed E-state index contributed by atoms with van der Waals surface area (Å²) in [6.45, 7) is 6.42. The number of carbonyl (C=O) groups excluding carboxylic acids is 2. The quantitative estimate of drug-likeness (QED) is 0.0972. The number of hydrogen-bond acceptors (Lipinski definition) is 4. The fourth-order valence-corrected chi connectivity index (χ4v) is 3.78. The van der Waals surface area contributed by atoms with E-state index >= 15 is 0 Å². The molecule has 1 unspecified atom stereocenters. The van der Waals surface area contributed by atoms with Crippen molar-refractivity contribution in [3.8, 4) is 0 Å². The minimum atomic E-state index is -0.677. The van der Waals surface area contributed by atoms with Gasteiger partial charge in [-0.25, -0.2) is 0 Å². The molecule has 192 valence electrons. The zero-order chi connectivity index (χ0) is 24.7. The lowest BCUT2D eigenvalue weighted by molar-refractivity contribution is -0.137. The van der Waals surface area contributed by atoms with Crippen molar-refractivity contribution in [1.29, 1.82) is 0 Å². The van der Waals surface area contributed by atoms with Crippen LogP contribution >= 0.6 is 12.6 Å². The van der Waals surface area contributed by atoms with Gasteiger partial charge in [-0.2, -0.15) is 0 Å². The lowest BCUT2D eigenvalue weighted by atomic mass is 10.0. The number of amides is 1. The Balaban J connectivity index is 3.30. The number of carbonyl (C=O) groups is 3. The van der Waals surface area contributed by atoms with Crippen molar-refractivity contribution in [3.63, 3.8) is 0 Å². The van der Waals surface area contributed by atoms with Crippen molar-refractivity contribution in [2.75, 3.05) is 6.54 Å². The molecule has 0 aromatic heterocycles. The third-order valence-electron chi connectivity index (χ3n) is 5.82. The predicted octanol–water partition coefficient (Wildman–Crippen LogP) is 6.16. The standard InChI is InChI=1S/C26H48N2O4S/c1-22(27-21-17-19-24(29)28-23(2)26(32)33)18-15-13-11-9-7-5-3-4-6-8-10-12-14-16-20-25(30)31/h23,27H,1,3-21H2,2H3,(H,28,29)(H,30,31)(H,32,33). The molecule has 0 aliphatic rings. The summed E-state index contributed by atoms with van der Waals surface area (Å²) in [6.07, 6.45) is 19.6. The molecule has 0 fully saturated rings. The fourth-order valence-electron chi connectivity index (χ4n) is 3.71. The van der Waals surface area contributed by atoms with Crippen molar-refractivity contribution in [2.45, 2.75) is 129 Å². The van der Waals surface area contributed by atoms with Crippen LogP contribution < -0.4 is 10.6 Å². The van der Waals surface area contributed by atoms with Crippen LogP contribution in [0.2, 0.25) is 0 Å². The first-order valence-corrected chi connectivity index (χ1v) is 13.4. The molecule has 0 aromatic rings. The highest BCUT2D eigenvalue weighted by atomic mass is 32.1. The maximum Gasteiger partial charge on any atom is 0.303 e. The Kier molecular flexibility index (Phi) is 21.3. The second kappa shape index (κ2) is 22.3. The van der Waals surface area contributed by atoms with Crippen LogP contribution in [0.3, 0.4) is 0 Å². The molecular weight excluding hydrogens is 436 g/mol. The first kappa shape index (κ1) is 31.5. The number of unbranched alkanes of at least 4 members (excludes halogenated alkanes) is 13. The van der Waals surface area contributed by atoms with E-state index in [1.807, 2.05) is 0 Å². The topological polar surface area (TPSA) is 95.5 Å². The number of rotatable bonds is 24. The van der Waals surface area contributed by atoms with Crippen molar-refractivity contribution in [3.05, 3.63) is 12.3 Å². The molecule has 0 spiro atoms. The van der Waals surface area contributed by atoms with Gasteiger partial charge < -0.3 is 15.7 Å². The third kappa shape index (κ3) is 23.5. The molecule has 0 rings (SSSR count). The van der Waals surface area contributed by atoms with E-state index in [9.17, 15) is 14.4 Å². The van der Waals surface area contributed by atoms with Crippen molar-refractivity contribution >= 4 is 29.6 Å². The molecule has 0 aliphatic heterocycles. The number of nitrogens with one attached hydrogen (secondary N) is 2. The van der Waals surface area contributed by atoms with Crippen LogP contribution in [-0.4, -0.2) is 34.7 Å². The van der Waals surface area contributed by atoms with Crippen LogP contribution in [0.4, 0.5) is 0 Å². The van der Waals surface area contributed by atoms with Gasteiger partial charge in [0.2, 0.25) is 11.0 Å². The van der Waals surface area contributed by atoms with Gasteiger partial charge in [0.15, 0.2) is 0 Å². The maximum atomic E-state index is 11.7. The average Bonchev–Trinajstić information content (AvgIpc) is 2.76. The Hall–Kier alpha value is -1.50. The Morgan fingerprint density at radius 2 is 1.15 bits per heavy atom. The number of carboxylic acid groups (broad SMARTS) is 1. The number of aliphatic carboxylic acids is 1. The molecule has 0 bridgehead atoms. The Labute approximate surface area is 207 Å². The lowest BCUT2D eigenvalue weighted by Crippen LogP contribution is -2.36. The molecule has 6 nitrogen and oxygen atoms in total. The van der Waals surface area contributed by atoms with E-state index in [-0.39, 0.29) is 11.0 Å². The van der Waals surface area contributed by atoms with Crippen LogP contribution in [0.5, 0.6) is 0 Å². The van der Waals surface area contributed by atoms with Crippen molar-refractivity contribution in [1.82, 2.24) is 10.6 Å². The van der Waals surface area contributed by atoms with E-state index in [1.54, 1.807) is 6.92 Å². The Morgan fingerprint density at radius 1 is 0.727 bits per heavy atom. The molecule has 0 aromatic carbocycles. The summed E-state index contributed by atoms with van der Waals surface area (Å²) in [5.74, 6) is -0.800. The SMILES string of the molecule is C=C(CCCCCCCCCCCCCCCCC(=O)O)NCCCC(=O)NC(C)C(=O)S. The zero-order valence-electron chi connectivity index (χ0n) is 20.8. The third-order valence-corrected chi connectivity index (χ3v) is 6.21. The zero-order valence-corrected chi connectivity index (χ0v) is 21.7. The van der Waals surface area contributed by atoms with Gasteiger partial charge in [0.25, 0.3) is 0 Å². The molecule has 0 saturated heterocycles. The second-order valence-electron chi connectivity index (χ2n) is 9.10. The Bertz CT molecular complexity index is 554. The minimum Gasteiger partial charge on any atom is -0.481 e. The molecule has 33 heavy (non-hydrogen) atoms. The number of thiol groups is 1. The summed E-state index contributed by atoms with van der Waals surface area (Å²) in [6, 6.07) is -0.539. The first-order valence-electron chi connectivity index (χ1n) is 13.0. The number of carboxylic acids is 1. The van der Waals surface area contributed by atoms with Crippen molar-refractivity contribution in [2.24, 2.45) is 0 Å². The van der Waals surface area contributed by atoms with E-state index in [4.69, 9.17) is 5.11 Å². The van der Waals surface area contributed by atoms with E-state index in [0.717, 1.165) is 37.9 Å². The van der Waals surface area contributed by atoms with E-state index in [1.165, 1.54) is 70.6 Å².